The van der Waals surface area contributed by atoms with Crippen molar-refractivity contribution >= 4 is 16.0 Å². The van der Waals surface area contributed by atoms with Crippen LogP contribution in [0.5, 0.6) is 0 Å². The number of esters is 1. The topological polar surface area (TPSA) is 63.7 Å². The SMILES string of the molecule is CCN(CC(=O)OC)S(=O)(=O)c1cc(C)cc(C)c1. The van der Waals surface area contributed by atoms with Gasteiger partial charge in [0, 0.05) is 6.54 Å². The molecule has 0 aliphatic carbocycles. The van der Waals surface area contributed by atoms with Gasteiger partial charge in [0.15, 0.2) is 0 Å². The predicted octanol–water partition coefficient (Wildman–Crippen LogP) is 1.49. The molecule has 0 saturated carbocycles. The third-order valence-corrected chi connectivity index (χ3v) is 4.62. The molecule has 1 aromatic rings. The summed E-state index contributed by atoms with van der Waals surface area (Å²) in [6.07, 6.45) is 0. The summed E-state index contributed by atoms with van der Waals surface area (Å²) in [6, 6.07) is 5.10. The lowest BCUT2D eigenvalue weighted by Crippen LogP contribution is -2.36. The zero-order chi connectivity index (χ0) is 14.6. The van der Waals surface area contributed by atoms with Gasteiger partial charge in [0.05, 0.1) is 12.0 Å². The van der Waals surface area contributed by atoms with Crippen molar-refractivity contribution in [3.05, 3.63) is 29.3 Å². The summed E-state index contributed by atoms with van der Waals surface area (Å²) in [5.41, 5.74) is 1.74. The average Bonchev–Trinajstić information content (AvgIpc) is 2.34. The largest absolute Gasteiger partial charge is 0.468 e. The van der Waals surface area contributed by atoms with Gasteiger partial charge in [-0.3, -0.25) is 4.79 Å². The highest BCUT2D eigenvalue weighted by Crippen LogP contribution is 2.18. The molecule has 0 atom stereocenters. The minimum Gasteiger partial charge on any atom is -0.468 e. The van der Waals surface area contributed by atoms with Crippen LogP contribution < -0.4 is 0 Å². The van der Waals surface area contributed by atoms with Gasteiger partial charge < -0.3 is 4.74 Å². The molecule has 0 heterocycles. The van der Waals surface area contributed by atoms with Gasteiger partial charge in [-0.2, -0.15) is 4.31 Å². The monoisotopic (exact) mass is 285 g/mol. The molecule has 0 unspecified atom stereocenters. The summed E-state index contributed by atoms with van der Waals surface area (Å²) >= 11 is 0. The maximum absolute atomic E-state index is 12.4. The van der Waals surface area contributed by atoms with Crippen LogP contribution in [0.15, 0.2) is 23.1 Å². The molecule has 0 fully saturated rings. The van der Waals surface area contributed by atoms with Gasteiger partial charge in [-0.1, -0.05) is 13.0 Å². The van der Waals surface area contributed by atoms with Crippen molar-refractivity contribution in [2.45, 2.75) is 25.7 Å². The highest BCUT2D eigenvalue weighted by molar-refractivity contribution is 7.89. The van der Waals surface area contributed by atoms with Crippen LogP contribution in [-0.2, 0) is 19.6 Å². The maximum atomic E-state index is 12.4. The molecular weight excluding hydrogens is 266 g/mol. The third-order valence-electron chi connectivity index (χ3n) is 2.72. The molecular formula is C13H19NO4S. The van der Waals surface area contributed by atoms with Crippen molar-refractivity contribution in [3.8, 4) is 0 Å². The molecule has 1 aromatic carbocycles. The fraction of sp³-hybridized carbons (Fsp3) is 0.462. The Labute approximate surface area is 114 Å². The first-order valence-corrected chi connectivity index (χ1v) is 7.40. The molecule has 0 aliphatic rings. The second-order valence-electron chi connectivity index (χ2n) is 4.33. The minimum absolute atomic E-state index is 0.204. The number of likely N-dealkylation sites (N-methyl/N-ethyl adjacent to an activating group) is 1. The highest BCUT2D eigenvalue weighted by Gasteiger charge is 2.25. The quantitative estimate of drug-likeness (QED) is 0.769. The Morgan fingerprint density at radius 2 is 1.74 bits per heavy atom. The molecule has 6 heteroatoms. The number of methoxy groups -OCH3 is 1. The van der Waals surface area contributed by atoms with Gasteiger partial charge in [0.2, 0.25) is 10.0 Å². The zero-order valence-corrected chi connectivity index (χ0v) is 12.5. The third kappa shape index (κ3) is 3.78. The van der Waals surface area contributed by atoms with Gasteiger partial charge in [-0.25, -0.2) is 8.42 Å². The van der Waals surface area contributed by atoms with E-state index < -0.39 is 16.0 Å². The summed E-state index contributed by atoms with van der Waals surface area (Å²) in [5.74, 6) is -0.574. The maximum Gasteiger partial charge on any atom is 0.321 e. The Hall–Kier alpha value is -1.40. The number of benzene rings is 1. The Morgan fingerprint density at radius 1 is 1.21 bits per heavy atom. The molecule has 106 valence electrons. The number of hydrogen-bond donors (Lipinski definition) is 0. The predicted molar refractivity (Wildman–Crippen MR) is 72.4 cm³/mol. The van der Waals surface area contributed by atoms with Crippen LogP contribution in [0.25, 0.3) is 0 Å². The van der Waals surface area contributed by atoms with E-state index in [0.717, 1.165) is 15.4 Å². The average molecular weight is 285 g/mol. The zero-order valence-electron chi connectivity index (χ0n) is 11.6. The molecule has 1 rings (SSSR count). The van der Waals surface area contributed by atoms with E-state index in [-0.39, 0.29) is 18.0 Å². The first-order valence-electron chi connectivity index (χ1n) is 5.96. The van der Waals surface area contributed by atoms with Gasteiger partial charge in [0.1, 0.15) is 6.54 Å². The molecule has 0 amide bonds. The van der Waals surface area contributed by atoms with Crippen LogP contribution in [0.2, 0.25) is 0 Å². The van der Waals surface area contributed by atoms with E-state index >= 15 is 0 Å². The van der Waals surface area contributed by atoms with Crippen molar-refractivity contribution in [3.63, 3.8) is 0 Å². The fourth-order valence-electron chi connectivity index (χ4n) is 1.81. The smallest absolute Gasteiger partial charge is 0.321 e. The number of ether oxygens (including phenoxy) is 1. The van der Waals surface area contributed by atoms with Crippen molar-refractivity contribution in [2.75, 3.05) is 20.2 Å². The van der Waals surface area contributed by atoms with E-state index in [4.69, 9.17) is 0 Å². The molecule has 0 aliphatic heterocycles. The first kappa shape index (κ1) is 15.7. The second kappa shape index (κ2) is 6.16. The molecule has 19 heavy (non-hydrogen) atoms. The summed E-state index contributed by atoms with van der Waals surface area (Å²) in [7, 11) is -2.43. The molecule has 0 spiro atoms. The number of carbonyl (C=O) groups excluding carboxylic acids is 1. The Morgan fingerprint density at radius 3 is 2.16 bits per heavy atom. The Bertz CT molecular complexity index is 546. The van der Waals surface area contributed by atoms with Gasteiger partial charge in [-0.15, -0.1) is 0 Å². The number of aryl methyl sites for hydroxylation is 2. The van der Waals surface area contributed by atoms with Crippen molar-refractivity contribution in [2.24, 2.45) is 0 Å². The van der Waals surface area contributed by atoms with E-state index in [0.29, 0.717) is 0 Å². The van der Waals surface area contributed by atoms with Crippen LogP contribution in [0, 0.1) is 13.8 Å². The van der Waals surface area contributed by atoms with Crippen LogP contribution >= 0.6 is 0 Å². The summed E-state index contributed by atoms with van der Waals surface area (Å²) in [6.45, 7) is 5.29. The molecule has 5 nitrogen and oxygen atoms in total. The lowest BCUT2D eigenvalue weighted by Gasteiger charge is -2.19. The molecule has 0 bridgehead atoms. The van der Waals surface area contributed by atoms with Crippen LogP contribution in [0.1, 0.15) is 18.1 Å². The molecule has 0 aromatic heterocycles. The van der Waals surface area contributed by atoms with Crippen LogP contribution in [-0.4, -0.2) is 38.9 Å². The summed E-state index contributed by atoms with van der Waals surface area (Å²) < 4.78 is 30.5. The Kier molecular flexibility index (Phi) is 5.08. The van der Waals surface area contributed by atoms with E-state index in [1.54, 1.807) is 19.1 Å². The number of hydrogen-bond acceptors (Lipinski definition) is 4. The molecule has 0 saturated heterocycles. The molecule has 0 N–H and O–H groups in total. The highest BCUT2D eigenvalue weighted by atomic mass is 32.2. The van der Waals surface area contributed by atoms with Crippen molar-refractivity contribution in [1.82, 2.24) is 4.31 Å². The van der Waals surface area contributed by atoms with Gasteiger partial charge in [0.25, 0.3) is 0 Å². The van der Waals surface area contributed by atoms with E-state index in [1.165, 1.54) is 7.11 Å². The van der Waals surface area contributed by atoms with E-state index in [1.807, 2.05) is 19.9 Å². The first-order chi connectivity index (χ1) is 8.81. The number of sulfonamides is 1. The van der Waals surface area contributed by atoms with E-state index in [2.05, 4.69) is 4.74 Å². The van der Waals surface area contributed by atoms with Crippen molar-refractivity contribution in [1.29, 1.82) is 0 Å². The normalized spacial score (nSPS) is 11.6. The standard InChI is InChI=1S/C13H19NO4S/c1-5-14(9-13(15)18-4)19(16,17)12-7-10(2)6-11(3)8-12/h6-8H,5,9H2,1-4H3. The van der Waals surface area contributed by atoms with E-state index in [9.17, 15) is 13.2 Å². The lowest BCUT2D eigenvalue weighted by molar-refractivity contribution is -0.140. The minimum atomic E-state index is -3.67. The number of rotatable bonds is 5. The van der Waals surface area contributed by atoms with Gasteiger partial charge >= 0.3 is 5.97 Å². The van der Waals surface area contributed by atoms with Crippen LogP contribution in [0.3, 0.4) is 0 Å². The van der Waals surface area contributed by atoms with Crippen LogP contribution in [0.4, 0.5) is 0 Å². The second-order valence-corrected chi connectivity index (χ2v) is 6.27. The lowest BCUT2D eigenvalue weighted by atomic mass is 10.2. The Balaban J connectivity index is 3.16. The summed E-state index contributed by atoms with van der Waals surface area (Å²) in [4.78, 5) is 11.5. The van der Waals surface area contributed by atoms with Crippen molar-refractivity contribution < 1.29 is 17.9 Å². The fourth-order valence-corrected chi connectivity index (χ4v) is 3.39. The van der Waals surface area contributed by atoms with Gasteiger partial charge in [-0.05, 0) is 37.1 Å². The number of nitrogens with zero attached hydrogens (tertiary/aromatic N) is 1. The number of carbonyl (C=O) groups is 1. The molecule has 0 radical (unpaired) electrons. The summed E-state index contributed by atoms with van der Waals surface area (Å²) in [5, 5.41) is 0.